The number of hydrogen-bond acceptors (Lipinski definition) is 4. The Balaban J connectivity index is 2.59. The summed E-state index contributed by atoms with van der Waals surface area (Å²) in [5.74, 6) is 0.397. The largest absolute Gasteiger partial charge is 0.382 e. The van der Waals surface area contributed by atoms with Crippen LogP contribution in [0.4, 0.5) is 5.82 Å². The summed E-state index contributed by atoms with van der Waals surface area (Å²) in [6, 6.07) is 1.99. The highest BCUT2D eigenvalue weighted by Crippen LogP contribution is 2.22. The van der Waals surface area contributed by atoms with E-state index < -0.39 is 0 Å². The van der Waals surface area contributed by atoms with Gasteiger partial charge in [0.15, 0.2) is 0 Å². The number of nitrogens with two attached hydrogens (primary N) is 1. The molecule has 2 heterocycles. The number of nitrogens with zero attached hydrogens (tertiary/aromatic N) is 3. The van der Waals surface area contributed by atoms with Crippen LogP contribution in [0.15, 0.2) is 17.0 Å². The lowest BCUT2D eigenvalue weighted by Crippen LogP contribution is -2.02. The van der Waals surface area contributed by atoms with Gasteiger partial charge in [0.2, 0.25) is 0 Å². The molecule has 70 valence electrons. The Hall–Kier alpha value is -1.80. The van der Waals surface area contributed by atoms with Crippen LogP contribution in [0.3, 0.4) is 0 Å². The molecule has 0 aliphatic carbocycles. The van der Waals surface area contributed by atoms with Gasteiger partial charge in [-0.05, 0) is 17.9 Å². The highest BCUT2D eigenvalue weighted by Gasteiger charge is 2.10. The standard InChI is InChI=1S/C9H8N4S/c1-6-4-14-5-8(6)13-9(11)7(2-10)3-12-13/h3-5H,11H2,1H3. The number of hydrogen-bond donors (Lipinski definition) is 1. The molecule has 0 saturated carbocycles. The molecule has 0 radical (unpaired) electrons. The zero-order chi connectivity index (χ0) is 10.1. The molecule has 0 amide bonds. The minimum Gasteiger partial charge on any atom is -0.382 e. The third-order valence-corrected chi connectivity index (χ3v) is 2.83. The molecule has 2 N–H and O–H groups in total. The van der Waals surface area contributed by atoms with Gasteiger partial charge >= 0.3 is 0 Å². The normalized spacial score (nSPS) is 10.0. The van der Waals surface area contributed by atoms with Gasteiger partial charge in [0, 0.05) is 5.38 Å². The Labute approximate surface area is 85.2 Å². The second-order valence-electron chi connectivity index (χ2n) is 2.91. The molecule has 4 nitrogen and oxygen atoms in total. The van der Waals surface area contributed by atoms with Gasteiger partial charge in [-0.3, -0.25) is 0 Å². The van der Waals surface area contributed by atoms with Crippen LogP contribution in [0.1, 0.15) is 11.1 Å². The Morgan fingerprint density at radius 3 is 2.86 bits per heavy atom. The van der Waals surface area contributed by atoms with Gasteiger partial charge in [0.05, 0.1) is 11.9 Å². The van der Waals surface area contributed by atoms with Crippen molar-refractivity contribution in [2.45, 2.75) is 6.92 Å². The molecule has 2 aromatic rings. The second-order valence-corrected chi connectivity index (χ2v) is 3.65. The van der Waals surface area contributed by atoms with Crippen LogP contribution in [-0.2, 0) is 0 Å². The van der Waals surface area contributed by atoms with Crippen molar-refractivity contribution < 1.29 is 0 Å². The number of nitriles is 1. The first kappa shape index (κ1) is 8.78. The zero-order valence-corrected chi connectivity index (χ0v) is 8.38. The smallest absolute Gasteiger partial charge is 0.145 e. The van der Waals surface area contributed by atoms with Gasteiger partial charge in [0.1, 0.15) is 17.5 Å². The fourth-order valence-electron chi connectivity index (χ4n) is 1.21. The van der Waals surface area contributed by atoms with E-state index in [0.717, 1.165) is 11.3 Å². The molecular weight excluding hydrogens is 196 g/mol. The van der Waals surface area contributed by atoms with E-state index in [9.17, 15) is 0 Å². The summed E-state index contributed by atoms with van der Waals surface area (Å²) in [7, 11) is 0. The summed E-state index contributed by atoms with van der Waals surface area (Å²) in [6.07, 6.45) is 1.48. The van der Waals surface area contributed by atoms with E-state index in [4.69, 9.17) is 11.0 Å². The Morgan fingerprint density at radius 1 is 1.57 bits per heavy atom. The van der Waals surface area contributed by atoms with E-state index in [1.807, 2.05) is 23.8 Å². The van der Waals surface area contributed by atoms with Crippen LogP contribution in [0.25, 0.3) is 5.69 Å². The first-order valence-electron chi connectivity index (χ1n) is 4.01. The summed E-state index contributed by atoms with van der Waals surface area (Å²) >= 11 is 1.59. The summed E-state index contributed by atoms with van der Waals surface area (Å²) in [5, 5.41) is 16.8. The van der Waals surface area contributed by atoms with Gasteiger partial charge in [-0.15, -0.1) is 11.3 Å². The number of anilines is 1. The molecule has 0 aliphatic heterocycles. The lowest BCUT2D eigenvalue weighted by atomic mass is 10.3. The maximum absolute atomic E-state index is 8.72. The van der Waals surface area contributed by atoms with Crippen LogP contribution in [0.2, 0.25) is 0 Å². The Morgan fingerprint density at radius 2 is 2.36 bits per heavy atom. The fraction of sp³-hybridized carbons (Fsp3) is 0.111. The Bertz CT molecular complexity index is 503. The Kier molecular flexibility index (Phi) is 1.98. The molecule has 0 aliphatic rings. The number of rotatable bonds is 1. The first-order chi connectivity index (χ1) is 6.74. The molecule has 0 saturated heterocycles. The van der Waals surface area contributed by atoms with E-state index in [1.54, 1.807) is 16.0 Å². The van der Waals surface area contributed by atoms with E-state index >= 15 is 0 Å². The molecule has 2 aromatic heterocycles. The molecule has 0 fully saturated rings. The van der Waals surface area contributed by atoms with Gasteiger partial charge in [-0.1, -0.05) is 0 Å². The van der Waals surface area contributed by atoms with Gasteiger partial charge in [-0.25, -0.2) is 4.68 Å². The van der Waals surface area contributed by atoms with Crippen LogP contribution in [0, 0.1) is 18.3 Å². The second kappa shape index (κ2) is 3.16. The topological polar surface area (TPSA) is 67.6 Å². The van der Waals surface area contributed by atoms with Crippen LogP contribution in [-0.4, -0.2) is 9.78 Å². The highest BCUT2D eigenvalue weighted by molar-refractivity contribution is 7.08. The number of aryl methyl sites for hydroxylation is 1. The molecule has 2 rings (SSSR count). The highest BCUT2D eigenvalue weighted by atomic mass is 32.1. The minimum absolute atomic E-state index is 0.397. The summed E-state index contributed by atoms with van der Waals surface area (Å²) in [5.41, 5.74) is 8.21. The number of aromatic nitrogens is 2. The average Bonchev–Trinajstić information content (AvgIpc) is 2.72. The van der Waals surface area contributed by atoms with Crippen molar-refractivity contribution in [2.75, 3.05) is 5.73 Å². The lowest BCUT2D eigenvalue weighted by Gasteiger charge is -2.01. The van der Waals surface area contributed by atoms with Gasteiger partial charge in [-0.2, -0.15) is 10.4 Å². The third kappa shape index (κ3) is 1.17. The van der Waals surface area contributed by atoms with Crippen LogP contribution < -0.4 is 5.73 Å². The predicted molar refractivity (Wildman–Crippen MR) is 55.3 cm³/mol. The minimum atomic E-state index is 0.397. The third-order valence-electron chi connectivity index (χ3n) is 1.98. The monoisotopic (exact) mass is 204 g/mol. The SMILES string of the molecule is Cc1cscc1-n1ncc(C#N)c1N. The van der Waals surface area contributed by atoms with E-state index in [1.165, 1.54) is 6.20 Å². The molecule has 0 aromatic carbocycles. The molecule has 0 unspecified atom stereocenters. The predicted octanol–water partition coefficient (Wildman–Crippen LogP) is 1.70. The van der Waals surface area contributed by atoms with Gasteiger partial charge < -0.3 is 5.73 Å². The average molecular weight is 204 g/mol. The van der Waals surface area contributed by atoms with E-state index in [0.29, 0.717) is 11.4 Å². The van der Waals surface area contributed by atoms with Crippen LogP contribution >= 0.6 is 11.3 Å². The number of nitrogen functional groups attached to an aromatic ring is 1. The van der Waals surface area contributed by atoms with Crippen molar-refractivity contribution >= 4 is 17.2 Å². The molecular formula is C9H8N4S. The maximum atomic E-state index is 8.72. The van der Waals surface area contributed by atoms with Crippen molar-refractivity contribution in [2.24, 2.45) is 0 Å². The van der Waals surface area contributed by atoms with E-state index in [2.05, 4.69) is 5.10 Å². The fourth-order valence-corrected chi connectivity index (χ4v) is 2.01. The summed E-state index contributed by atoms with van der Waals surface area (Å²) in [6.45, 7) is 1.99. The van der Waals surface area contributed by atoms with Crippen molar-refractivity contribution in [1.29, 1.82) is 5.26 Å². The van der Waals surface area contributed by atoms with Crippen molar-refractivity contribution in [3.63, 3.8) is 0 Å². The number of thiophene rings is 1. The zero-order valence-electron chi connectivity index (χ0n) is 7.56. The maximum Gasteiger partial charge on any atom is 0.145 e. The van der Waals surface area contributed by atoms with Crippen LogP contribution in [0.5, 0.6) is 0 Å². The first-order valence-corrected chi connectivity index (χ1v) is 4.95. The lowest BCUT2D eigenvalue weighted by molar-refractivity contribution is 0.888. The van der Waals surface area contributed by atoms with Crippen molar-refractivity contribution in [3.8, 4) is 11.8 Å². The molecule has 14 heavy (non-hydrogen) atoms. The van der Waals surface area contributed by atoms with E-state index in [-0.39, 0.29) is 0 Å². The molecule has 0 atom stereocenters. The molecule has 5 heteroatoms. The van der Waals surface area contributed by atoms with Gasteiger partial charge in [0.25, 0.3) is 0 Å². The quantitative estimate of drug-likeness (QED) is 0.768. The summed E-state index contributed by atoms with van der Waals surface area (Å²) < 4.78 is 1.59. The molecule has 0 spiro atoms. The summed E-state index contributed by atoms with van der Waals surface area (Å²) in [4.78, 5) is 0. The molecule has 0 bridgehead atoms. The van der Waals surface area contributed by atoms with Crippen molar-refractivity contribution in [1.82, 2.24) is 9.78 Å². The van der Waals surface area contributed by atoms with Crippen molar-refractivity contribution in [3.05, 3.63) is 28.1 Å².